The molecule has 3 fully saturated rings. The van der Waals surface area contributed by atoms with Crippen molar-refractivity contribution in [3.63, 3.8) is 0 Å². The van der Waals surface area contributed by atoms with Crippen molar-refractivity contribution in [1.29, 1.82) is 0 Å². The molecule has 4 aliphatic rings. The molecular formula is C38H41BrCl2N4O4. The number of quaternary nitrogens is 1. The van der Waals surface area contributed by atoms with E-state index in [-0.39, 0.29) is 42.0 Å². The number of aliphatic imine (C=N–C) groups is 1. The van der Waals surface area contributed by atoms with Crippen molar-refractivity contribution in [3.8, 4) is 0 Å². The van der Waals surface area contributed by atoms with E-state index in [9.17, 15) is 15.1 Å². The number of likely N-dealkylation sites (N-methyl/N-ethyl adjacent to an activating group) is 2. The van der Waals surface area contributed by atoms with Gasteiger partial charge in [-0.05, 0) is 41.5 Å². The summed E-state index contributed by atoms with van der Waals surface area (Å²) >= 11 is 6.10. The summed E-state index contributed by atoms with van der Waals surface area (Å²) in [5.74, 6) is 0.467. The van der Waals surface area contributed by atoms with Crippen molar-refractivity contribution in [3.05, 3.63) is 142 Å². The smallest absolute Gasteiger partial charge is 0.348 e. The molecule has 2 bridgehead atoms. The van der Waals surface area contributed by atoms with Crippen LogP contribution in [0.5, 0.6) is 0 Å². The van der Waals surface area contributed by atoms with E-state index in [1.165, 1.54) is 0 Å². The fourth-order valence-electron chi connectivity index (χ4n) is 6.82. The Labute approximate surface area is 309 Å². The maximum Gasteiger partial charge on any atom is 0.348 e. The molecule has 0 aromatic heterocycles. The van der Waals surface area contributed by atoms with Gasteiger partial charge in [-0.1, -0.05) is 90.5 Å². The number of rotatable bonds is 5. The summed E-state index contributed by atoms with van der Waals surface area (Å²) in [6, 6.07) is 33.1. The average molecular weight is 769 g/mol. The van der Waals surface area contributed by atoms with E-state index in [4.69, 9.17) is 16.3 Å². The number of ether oxygens (including phenoxy) is 1. The predicted molar refractivity (Wildman–Crippen MR) is 192 cm³/mol. The summed E-state index contributed by atoms with van der Waals surface area (Å²) in [7, 11) is 3.99. The summed E-state index contributed by atoms with van der Waals surface area (Å²) < 4.78 is 7.87. The van der Waals surface area contributed by atoms with Crippen LogP contribution in [0.4, 0.5) is 5.69 Å². The van der Waals surface area contributed by atoms with Crippen molar-refractivity contribution in [2.45, 2.75) is 24.5 Å². The lowest BCUT2D eigenvalue weighted by molar-refractivity contribution is -0.928. The number of esters is 1. The topological polar surface area (TPSA) is 97.0 Å². The number of hydroxylamine groups is 1. The maximum absolute atomic E-state index is 13.2. The summed E-state index contributed by atoms with van der Waals surface area (Å²) in [5, 5.41) is 27.6. The average Bonchev–Trinajstić information content (AvgIpc) is 3.24. The Kier molecular flexibility index (Phi) is 12.7. The standard InChI is InChI=1S/C22H26NO3.C16H14ClN3O.BrH.ClH/c1-23-14-12-17(13-15-23)20(16-23)26-21(24)22(25,18-8-4-2-5-9-18)19-10-6-3-7-11-19;1-18-15-10-20(21)16(11-5-3-2-4-6-11)13-9-12(17)7-8-14(13)19-15;;/h2-11,17,20,25H,12-16H2,1H3;2-9H,10H2,1H3,(H,18,19);2*1H/q+1;;;/p-1. The first-order chi connectivity index (χ1) is 22.7. The number of aliphatic hydroxyl groups is 1. The number of benzene rings is 4. The number of piperidine rings is 3. The number of hydrogen-bond donors (Lipinski definition) is 2. The Balaban J connectivity index is 0.000000217. The molecule has 3 saturated heterocycles. The van der Waals surface area contributed by atoms with Gasteiger partial charge in [-0.15, -0.1) is 12.4 Å². The summed E-state index contributed by atoms with van der Waals surface area (Å²) in [6.07, 6.45) is 2.06. The molecule has 11 heteroatoms. The van der Waals surface area contributed by atoms with Crippen LogP contribution in [0.2, 0.25) is 5.02 Å². The van der Waals surface area contributed by atoms with Gasteiger partial charge in [0.1, 0.15) is 6.54 Å². The van der Waals surface area contributed by atoms with Crippen LogP contribution in [0.25, 0.3) is 0 Å². The van der Waals surface area contributed by atoms with E-state index >= 15 is 0 Å². The van der Waals surface area contributed by atoms with Crippen LogP contribution in [-0.2, 0) is 15.1 Å². The van der Waals surface area contributed by atoms with E-state index in [0.29, 0.717) is 33.6 Å². The van der Waals surface area contributed by atoms with Crippen LogP contribution in [0.15, 0.2) is 114 Å². The molecule has 4 heterocycles. The molecule has 8 rings (SSSR count). The van der Waals surface area contributed by atoms with Gasteiger partial charge in [-0.2, -0.15) is 4.74 Å². The molecule has 0 amide bonds. The molecule has 4 aromatic carbocycles. The van der Waals surface area contributed by atoms with E-state index in [1.807, 2.05) is 72.8 Å². The molecule has 0 radical (unpaired) electrons. The normalized spacial score (nSPS) is 20.9. The largest absolute Gasteiger partial charge is 1.00 e. The SMILES string of the molecule is CNC1=Nc2ccc(Cl)cc2C(c2ccccc2)=[N+]([O-])C1.C[N+]12CCC(CC1)C(OC(=O)C(O)(c1ccccc1)c1ccccc1)C2.Cl.[Br-]. The first kappa shape index (κ1) is 38.1. The van der Waals surface area contributed by atoms with Crippen LogP contribution in [0.1, 0.15) is 35.1 Å². The summed E-state index contributed by atoms with van der Waals surface area (Å²) in [4.78, 5) is 17.7. The highest BCUT2D eigenvalue weighted by Gasteiger charge is 2.49. The molecule has 49 heavy (non-hydrogen) atoms. The van der Waals surface area contributed by atoms with E-state index in [1.54, 1.807) is 43.4 Å². The highest BCUT2D eigenvalue weighted by Crippen LogP contribution is 2.37. The molecule has 0 aliphatic carbocycles. The first-order valence-corrected chi connectivity index (χ1v) is 16.4. The molecule has 1 atom stereocenters. The fourth-order valence-corrected chi connectivity index (χ4v) is 6.99. The summed E-state index contributed by atoms with van der Waals surface area (Å²) in [6.45, 7) is 3.32. The minimum Gasteiger partial charge on any atom is -1.00 e. The number of nitrogens with one attached hydrogen (secondary N) is 1. The molecule has 0 spiro atoms. The number of halogens is 3. The van der Waals surface area contributed by atoms with E-state index < -0.39 is 11.6 Å². The second-order valence-electron chi connectivity index (χ2n) is 12.7. The van der Waals surface area contributed by atoms with Gasteiger partial charge in [-0.25, -0.2) is 9.79 Å². The molecular weight excluding hydrogens is 727 g/mol. The third-order valence-corrected chi connectivity index (χ3v) is 9.75. The van der Waals surface area contributed by atoms with Gasteiger partial charge in [0, 0.05) is 36.4 Å². The number of nitrogens with zero attached hydrogens (tertiary/aromatic N) is 3. The van der Waals surface area contributed by atoms with E-state index in [0.717, 1.165) is 58.5 Å². The Hall–Kier alpha value is -3.73. The monoisotopic (exact) mass is 766 g/mol. The Morgan fingerprint density at radius 1 is 0.959 bits per heavy atom. The molecule has 8 nitrogen and oxygen atoms in total. The quantitative estimate of drug-likeness (QED) is 0.141. The summed E-state index contributed by atoms with van der Waals surface area (Å²) in [5.41, 5.74) is 2.21. The molecule has 1 unspecified atom stereocenters. The minimum atomic E-state index is -1.78. The number of carbonyl (C=O) groups is 1. The number of hydrogen-bond acceptors (Lipinski definition) is 6. The highest BCUT2D eigenvalue weighted by atomic mass is 79.9. The Bertz CT molecular complexity index is 1740. The van der Waals surface area contributed by atoms with Crippen LogP contribution < -0.4 is 22.3 Å². The Morgan fingerprint density at radius 2 is 1.51 bits per heavy atom. The maximum atomic E-state index is 13.2. The molecule has 2 N–H and O–H groups in total. The zero-order valence-corrected chi connectivity index (χ0v) is 30.6. The molecule has 258 valence electrons. The van der Waals surface area contributed by atoms with Gasteiger partial charge in [0.15, 0.2) is 11.9 Å². The van der Waals surface area contributed by atoms with Gasteiger partial charge < -0.3 is 41.8 Å². The van der Waals surface area contributed by atoms with Crippen LogP contribution in [-0.4, -0.2) is 78.2 Å². The van der Waals surface area contributed by atoms with Crippen molar-refractivity contribution < 1.29 is 40.8 Å². The first-order valence-electron chi connectivity index (χ1n) is 16.0. The van der Waals surface area contributed by atoms with Crippen LogP contribution in [0, 0.1) is 11.1 Å². The fraction of sp³-hybridized carbons (Fsp3) is 0.289. The van der Waals surface area contributed by atoms with Gasteiger partial charge in [-0.3, -0.25) is 0 Å². The lowest BCUT2D eigenvalue weighted by Gasteiger charge is -2.50. The molecule has 4 aromatic rings. The highest BCUT2D eigenvalue weighted by molar-refractivity contribution is 6.31. The lowest BCUT2D eigenvalue weighted by Crippen LogP contribution is -3.00. The molecule has 0 saturated carbocycles. The van der Waals surface area contributed by atoms with Gasteiger partial charge in [0.2, 0.25) is 17.9 Å². The number of amidine groups is 1. The van der Waals surface area contributed by atoms with Crippen molar-refractivity contribution >= 4 is 47.2 Å². The lowest BCUT2D eigenvalue weighted by atomic mass is 9.83. The van der Waals surface area contributed by atoms with Crippen LogP contribution in [0.3, 0.4) is 0 Å². The number of carbonyl (C=O) groups excluding carboxylic acids is 1. The zero-order chi connectivity index (χ0) is 33.0. The molecule has 4 aliphatic heterocycles. The third kappa shape index (κ3) is 8.19. The van der Waals surface area contributed by atoms with Gasteiger partial charge in [0.05, 0.1) is 31.4 Å². The Morgan fingerprint density at radius 3 is 2.04 bits per heavy atom. The second kappa shape index (κ2) is 16.3. The predicted octanol–water partition coefficient (Wildman–Crippen LogP) is 3.08. The third-order valence-electron chi connectivity index (χ3n) is 9.51. The van der Waals surface area contributed by atoms with Crippen molar-refractivity contribution in [1.82, 2.24) is 5.32 Å². The van der Waals surface area contributed by atoms with Crippen LogP contribution >= 0.6 is 24.0 Å². The van der Waals surface area contributed by atoms with Gasteiger partial charge in [0.25, 0.3) is 0 Å². The van der Waals surface area contributed by atoms with Crippen molar-refractivity contribution in [2.24, 2.45) is 10.9 Å². The van der Waals surface area contributed by atoms with Crippen molar-refractivity contribution in [2.75, 3.05) is 40.3 Å². The minimum absolute atomic E-state index is 0. The van der Waals surface area contributed by atoms with Gasteiger partial charge >= 0.3 is 5.97 Å². The second-order valence-corrected chi connectivity index (χ2v) is 13.1. The number of fused-ring (bicyclic) bond motifs is 4. The van der Waals surface area contributed by atoms with E-state index in [2.05, 4.69) is 17.4 Å². The zero-order valence-electron chi connectivity index (χ0n) is 27.5.